The molecular weight excluding hydrogens is 916 g/mol. The van der Waals surface area contributed by atoms with E-state index >= 15 is 0 Å². The first-order chi connectivity index (χ1) is 28.9. The van der Waals surface area contributed by atoms with E-state index in [1.165, 1.54) is 38.8 Å². The van der Waals surface area contributed by atoms with Crippen molar-refractivity contribution in [3.63, 3.8) is 0 Å². The van der Waals surface area contributed by atoms with Crippen molar-refractivity contribution >= 4 is 38.9 Å². The molecule has 0 spiro atoms. The monoisotopic (exact) mass is 958 g/mol. The van der Waals surface area contributed by atoms with Crippen molar-refractivity contribution in [3.8, 4) is 28.1 Å². The van der Waals surface area contributed by atoms with Gasteiger partial charge in [-0.05, 0) is 94.4 Å². The van der Waals surface area contributed by atoms with Crippen LogP contribution < -0.4 is 10.1 Å². The number of hydrogen-bond donors (Lipinski definition) is 0. The summed E-state index contributed by atoms with van der Waals surface area (Å²) in [6.07, 6.45) is 1.94. The summed E-state index contributed by atoms with van der Waals surface area (Å²) in [5, 5.41) is 6.43. The summed E-state index contributed by atoms with van der Waals surface area (Å²) in [6, 6.07) is 67.3. The number of benzene rings is 7. The Morgan fingerprint density at radius 2 is 1.23 bits per heavy atom. The first-order valence-corrected chi connectivity index (χ1v) is 20.6. The second-order valence-corrected chi connectivity index (χ2v) is 16.3. The molecule has 2 aromatic heterocycles. The fourth-order valence-corrected chi connectivity index (χ4v) is 9.67. The third-order valence-electron chi connectivity index (χ3n) is 12.3. The van der Waals surface area contributed by atoms with Gasteiger partial charge in [-0.15, -0.1) is 38.8 Å². The quantitative estimate of drug-likeness (QED) is 0.118. The Balaban J connectivity index is 0.00000433. The Hall–Kier alpha value is -6.26. The minimum atomic E-state index is -0.735. The van der Waals surface area contributed by atoms with Gasteiger partial charge in [-0.2, -0.15) is 35.3 Å². The van der Waals surface area contributed by atoms with Gasteiger partial charge in [-0.3, -0.25) is 0 Å². The Labute approximate surface area is 365 Å². The fourth-order valence-electron chi connectivity index (χ4n) is 9.67. The van der Waals surface area contributed by atoms with Crippen molar-refractivity contribution < 1.29 is 26.0 Å². The summed E-state index contributed by atoms with van der Waals surface area (Å²) >= 11 is 0. The summed E-state index contributed by atoms with van der Waals surface area (Å²) < 4.78 is 2.30. The molecule has 0 saturated carbocycles. The van der Waals surface area contributed by atoms with Gasteiger partial charge in [0, 0.05) is 43.9 Å². The maximum absolute atomic E-state index is 5.15. The van der Waals surface area contributed by atoms with Crippen LogP contribution in [0.2, 0.25) is 0 Å². The van der Waals surface area contributed by atoms with Crippen molar-refractivity contribution in [1.82, 2.24) is 9.55 Å². The molecule has 1 N–H and O–H groups in total. The number of nitrogens with zero attached hydrogens (tertiary/aromatic N) is 4. The molecule has 0 atom stereocenters. The Morgan fingerprint density at radius 3 is 1.98 bits per heavy atom. The summed E-state index contributed by atoms with van der Waals surface area (Å²) in [5.74, 6) is 1.25. The van der Waals surface area contributed by atoms with Crippen LogP contribution in [0.25, 0.3) is 49.9 Å². The van der Waals surface area contributed by atoms with Crippen LogP contribution in [0.15, 0.2) is 170 Å². The van der Waals surface area contributed by atoms with Crippen molar-refractivity contribution in [3.05, 3.63) is 210 Å². The molecule has 5 nitrogen and oxygen atoms in total. The first-order valence-electron chi connectivity index (χ1n) is 20.6. The number of pyridine rings is 1. The Bertz CT molecular complexity index is 3050. The predicted molar refractivity (Wildman–Crippen MR) is 241 cm³/mol. The van der Waals surface area contributed by atoms with E-state index in [2.05, 4.69) is 213 Å². The van der Waals surface area contributed by atoms with Gasteiger partial charge in [0.15, 0.2) is 0 Å². The van der Waals surface area contributed by atoms with Crippen LogP contribution in [-0.2, 0) is 26.5 Å². The molecule has 0 bridgehead atoms. The molecule has 2 aliphatic rings. The second-order valence-electron chi connectivity index (χ2n) is 16.3. The first kappa shape index (κ1) is 38.0. The SMILES string of the molecule is CC(C)c1ccccc1-c1ccnc(-n2c3[c-]c(C4(c5[c-]c(N6[OH+]N(C(C)C)c7ccccc76)ccc5)c5ccccc5-c5ccccc54)ccc3c3ccccc32)c1.[Pt]. The molecule has 11 rings (SSSR count). The van der Waals surface area contributed by atoms with Gasteiger partial charge in [0.2, 0.25) is 0 Å². The van der Waals surface area contributed by atoms with E-state index in [4.69, 9.17) is 9.92 Å². The average Bonchev–Trinajstić information content (AvgIpc) is 3.93. The van der Waals surface area contributed by atoms with Crippen LogP contribution in [0.3, 0.4) is 0 Å². The van der Waals surface area contributed by atoms with Crippen LogP contribution in [0, 0.1) is 12.1 Å². The Kier molecular flexibility index (Phi) is 9.35. The van der Waals surface area contributed by atoms with E-state index in [0.717, 1.165) is 56.0 Å². The molecule has 0 saturated heterocycles. The molecule has 0 fully saturated rings. The normalized spacial score (nSPS) is 13.8. The van der Waals surface area contributed by atoms with Crippen LogP contribution >= 0.6 is 0 Å². The predicted octanol–water partition coefficient (Wildman–Crippen LogP) is 13.1. The van der Waals surface area contributed by atoms with Crippen LogP contribution in [0.5, 0.6) is 0 Å². The zero-order valence-corrected chi connectivity index (χ0v) is 36.1. The van der Waals surface area contributed by atoms with Gasteiger partial charge < -0.3 is 4.57 Å². The molecule has 7 aromatic carbocycles. The standard InChI is InChI=1S/C54H42N4O.Pt/c1-35(2)41-18-5-6-19-42(41)37-30-31-55-53(32-37)56-49-25-12-9-22-45(49)46-29-28-39(34-52(46)56)54(47-23-10-7-20-43(47)44-21-8-11-24-48(44)54)38-16-15-17-40(33-38)58-51-27-14-13-26-50(51)57(59-58)36(3)4;/h5-32,35-36H,1-4H3;/q-2;/p+1. The minimum absolute atomic E-state index is 0. The third kappa shape index (κ3) is 5.64. The topological polar surface area (TPSA) is 37.1 Å². The molecule has 3 heterocycles. The largest absolute Gasteiger partial charge is 0.319 e. The molecule has 1 aliphatic heterocycles. The minimum Gasteiger partial charge on any atom is -0.319 e. The number of para-hydroxylation sites is 3. The average molecular weight is 959 g/mol. The van der Waals surface area contributed by atoms with Crippen LogP contribution in [0.1, 0.15) is 61.4 Å². The molecule has 1 aliphatic carbocycles. The van der Waals surface area contributed by atoms with E-state index in [0.29, 0.717) is 5.92 Å². The summed E-state index contributed by atoms with van der Waals surface area (Å²) in [7, 11) is 0. The maximum atomic E-state index is 5.15. The van der Waals surface area contributed by atoms with Crippen molar-refractivity contribution in [2.45, 2.75) is 45.1 Å². The summed E-state index contributed by atoms with van der Waals surface area (Å²) in [5.41, 5.74) is 15.0. The molecule has 0 amide bonds. The van der Waals surface area contributed by atoms with Gasteiger partial charge >= 0.3 is 0 Å². The molecule has 9 aromatic rings. The molecule has 60 heavy (non-hydrogen) atoms. The summed E-state index contributed by atoms with van der Waals surface area (Å²) in [6.45, 7) is 8.86. The number of fused-ring (bicyclic) bond motifs is 7. The zero-order valence-electron chi connectivity index (χ0n) is 33.9. The van der Waals surface area contributed by atoms with E-state index < -0.39 is 5.41 Å². The van der Waals surface area contributed by atoms with Crippen LogP contribution in [-0.4, -0.2) is 20.5 Å². The number of hydroxylamine groups is 1. The molecule has 6 heteroatoms. The molecule has 0 radical (unpaired) electrons. The summed E-state index contributed by atoms with van der Waals surface area (Å²) in [4.78, 5) is 10.2. The molecule has 0 unspecified atom stereocenters. The second kappa shape index (κ2) is 14.8. The van der Waals surface area contributed by atoms with Gasteiger partial charge in [-0.25, -0.2) is 4.98 Å². The molecule has 296 valence electrons. The third-order valence-corrected chi connectivity index (χ3v) is 12.3. The number of rotatable bonds is 7. The van der Waals surface area contributed by atoms with Gasteiger partial charge in [0.05, 0.1) is 6.04 Å². The van der Waals surface area contributed by atoms with Crippen molar-refractivity contribution in [2.24, 2.45) is 0 Å². The van der Waals surface area contributed by atoms with Gasteiger partial charge in [0.25, 0.3) is 0 Å². The number of anilines is 3. The van der Waals surface area contributed by atoms with E-state index in [-0.39, 0.29) is 27.1 Å². The van der Waals surface area contributed by atoms with Crippen molar-refractivity contribution in [1.29, 1.82) is 0 Å². The van der Waals surface area contributed by atoms with E-state index in [9.17, 15) is 0 Å². The van der Waals surface area contributed by atoms with Crippen molar-refractivity contribution in [2.75, 3.05) is 10.1 Å². The van der Waals surface area contributed by atoms with Gasteiger partial charge in [0.1, 0.15) is 17.2 Å². The molecular formula is C54H43N4OPt-. The van der Waals surface area contributed by atoms with Crippen LogP contribution in [0.4, 0.5) is 17.1 Å². The smallest absolute Gasteiger partial charge is 0.145 e. The van der Waals surface area contributed by atoms with E-state index in [1.807, 2.05) is 11.3 Å². The number of hydrogen-bond acceptors (Lipinski definition) is 3. The van der Waals surface area contributed by atoms with E-state index in [1.54, 1.807) is 0 Å². The van der Waals surface area contributed by atoms with Gasteiger partial charge in [-0.1, -0.05) is 122 Å². The number of aromatic nitrogens is 2. The Morgan fingerprint density at radius 1 is 0.583 bits per heavy atom. The maximum Gasteiger partial charge on any atom is 0.145 e. The fraction of sp³-hybridized carbons (Fsp3) is 0.130. The zero-order chi connectivity index (χ0) is 39.8.